The van der Waals surface area contributed by atoms with E-state index < -0.39 is 0 Å². The summed E-state index contributed by atoms with van der Waals surface area (Å²) in [6, 6.07) is 73.1. The van der Waals surface area contributed by atoms with Gasteiger partial charge in [0, 0.05) is 60.5 Å². The molecule has 12 aromatic rings. The summed E-state index contributed by atoms with van der Waals surface area (Å²) in [5.41, 5.74) is 14.3. The monoisotopic (exact) mass is 742 g/mol. The Kier molecular flexibility index (Phi) is 7.20. The number of aromatic nitrogens is 1. The Morgan fingerprint density at radius 2 is 0.845 bits per heavy atom. The van der Waals surface area contributed by atoms with E-state index >= 15 is 0 Å². The van der Waals surface area contributed by atoms with Crippen molar-refractivity contribution >= 4 is 82.7 Å². The van der Waals surface area contributed by atoms with Gasteiger partial charge in [-0.1, -0.05) is 140 Å². The van der Waals surface area contributed by atoms with Gasteiger partial charge in [-0.25, -0.2) is 0 Å². The van der Waals surface area contributed by atoms with E-state index in [0.29, 0.717) is 0 Å². The summed E-state index contributed by atoms with van der Waals surface area (Å²) in [5, 5.41) is 6.77. The Balaban J connectivity index is 1.15. The molecule has 0 amide bonds. The highest BCUT2D eigenvalue weighted by atomic mass is 16.3. The minimum Gasteiger partial charge on any atom is -0.455 e. The molecular weight excluding hydrogens is 709 g/mol. The molecule has 0 atom stereocenters. The van der Waals surface area contributed by atoms with E-state index in [9.17, 15) is 0 Å². The summed E-state index contributed by atoms with van der Waals surface area (Å²) >= 11 is 0. The van der Waals surface area contributed by atoms with E-state index in [2.05, 4.69) is 198 Å². The maximum atomic E-state index is 6.73. The zero-order valence-corrected chi connectivity index (χ0v) is 31.3. The van der Waals surface area contributed by atoms with Crippen molar-refractivity contribution in [1.29, 1.82) is 0 Å². The van der Waals surface area contributed by atoms with Gasteiger partial charge >= 0.3 is 0 Å². The number of furan rings is 2. The number of rotatable bonds is 6. The third-order valence-corrected chi connectivity index (χ3v) is 11.6. The van der Waals surface area contributed by atoms with Gasteiger partial charge in [-0.3, -0.25) is 0 Å². The van der Waals surface area contributed by atoms with Gasteiger partial charge in [0.15, 0.2) is 0 Å². The summed E-state index contributed by atoms with van der Waals surface area (Å²) in [6.07, 6.45) is 0. The first-order chi connectivity index (χ1) is 28.8. The van der Waals surface area contributed by atoms with Crippen LogP contribution in [0.2, 0.25) is 0 Å². The lowest BCUT2D eigenvalue weighted by Crippen LogP contribution is -2.10. The third kappa shape index (κ3) is 4.88. The summed E-state index contributed by atoms with van der Waals surface area (Å²) in [7, 11) is 0. The first kappa shape index (κ1) is 32.4. The number of nitrogens with zero attached hydrogens (tertiary/aromatic N) is 2. The lowest BCUT2D eigenvalue weighted by molar-refractivity contribution is 0.669. The van der Waals surface area contributed by atoms with Gasteiger partial charge in [-0.2, -0.15) is 0 Å². The second-order valence-corrected chi connectivity index (χ2v) is 14.8. The fourth-order valence-corrected chi connectivity index (χ4v) is 9.09. The topological polar surface area (TPSA) is 34.5 Å². The smallest absolute Gasteiger partial charge is 0.143 e. The molecule has 3 aromatic heterocycles. The minimum absolute atomic E-state index is 0.866. The number of fused-ring (bicyclic) bond motifs is 9. The van der Waals surface area contributed by atoms with Gasteiger partial charge in [0.2, 0.25) is 0 Å². The molecule has 58 heavy (non-hydrogen) atoms. The molecule has 4 nitrogen and oxygen atoms in total. The van der Waals surface area contributed by atoms with E-state index in [4.69, 9.17) is 8.83 Å². The van der Waals surface area contributed by atoms with Crippen LogP contribution >= 0.6 is 0 Å². The van der Waals surface area contributed by atoms with E-state index in [-0.39, 0.29) is 0 Å². The lowest BCUT2D eigenvalue weighted by Gasteiger charge is -2.26. The molecule has 0 aliphatic heterocycles. The molecule has 0 bridgehead atoms. The van der Waals surface area contributed by atoms with Crippen molar-refractivity contribution in [3.05, 3.63) is 206 Å². The molecule has 3 heterocycles. The molecule has 0 N–H and O–H groups in total. The van der Waals surface area contributed by atoms with Crippen LogP contribution < -0.4 is 4.90 Å². The van der Waals surface area contributed by atoms with Crippen LogP contribution in [0.1, 0.15) is 0 Å². The highest BCUT2D eigenvalue weighted by Crippen LogP contribution is 2.47. The van der Waals surface area contributed by atoms with E-state index in [1.54, 1.807) is 0 Å². The molecule has 0 aliphatic carbocycles. The summed E-state index contributed by atoms with van der Waals surface area (Å²) in [4.78, 5) is 2.36. The molecule has 12 rings (SSSR count). The van der Waals surface area contributed by atoms with Crippen molar-refractivity contribution in [2.24, 2.45) is 0 Å². The maximum absolute atomic E-state index is 6.73. The SMILES string of the molecule is c1ccc(N(c2ccccc2)c2cccc3c2c2ccccc2n3-c2ccc(-c3cccc4c3oc3ccccc34)c(-c3cccc4c3oc3ccccc34)c2)cc1. The lowest BCUT2D eigenvalue weighted by atomic mass is 9.92. The molecule has 272 valence electrons. The zero-order valence-electron chi connectivity index (χ0n) is 31.3. The molecule has 0 aliphatic rings. The Bertz CT molecular complexity index is 3480. The second kappa shape index (κ2) is 12.9. The number of hydrogen-bond acceptors (Lipinski definition) is 3. The maximum Gasteiger partial charge on any atom is 0.143 e. The summed E-state index contributed by atoms with van der Waals surface area (Å²) in [5.74, 6) is 0. The van der Waals surface area contributed by atoms with Crippen molar-refractivity contribution in [2.45, 2.75) is 0 Å². The standard InChI is InChI=1S/C54H34N2O2/c1-3-16-35(17-4-1)55(36-18-5-2-6-19-36)48-28-15-29-49-52(48)45-22-7-10-27-47(45)56(49)37-32-33-38(41-23-13-24-42-39-20-8-11-30-50(39)57-53(41)42)46(34-37)44-26-14-25-43-40-21-9-12-31-51(40)58-54(43)44/h1-34H. The largest absolute Gasteiger partial charge is 0.455 e. The molecule has 0 saturated carbocycles. The highest BCUT2D eigenvalue weighted by Gasteiger charge is 2.23. The van der Waals surface area contributed by atoms with Crippen LogP contribution in [0.4, 0.5) is 17.1 Å². The fraction of sp³-hybridized carbons (Fsp3) is 0. The van der Waals surface area contributed by atoms with Gasteiger partial charge in [-0.15, -0.1) is 0 Å². The molecule has 4 heteroatoms. The molecule has 0 fully saturated rings. The van der Waals surface area contributed by atoms with Crippen LogP contribution in [0.3, 0.4) is 0 Å². The molecular formula is C54H34N2O2. The van der Waals surface area contributed by atoms with Crippen LogP contribution in [0, 0.1) is 0 Å². The Morgan fingerprint density at radius 1 is 0.345 bits per heavy atom. The number of hydrogen-bond donors (Lipinski definition) is 0. The summed E-state index contributed by atoms with van der Waals surface area (Å²) in [6.45, 7) is 0. The number of anilines is 3. The summed E-state index contributed by atoms with van der Waals surface area (Å²) < 4.78 is 15.8. The van der Waals surface area contributed by atoms with Crippen LogP contribution in [0.25, 0.3) is 93.6 Å². The van der Waals surface area contributed by atoms with Crippen molar-refractivity contribution in [3.8, 4) is 27.9 Å². The van der Waals surface area contributed by atoms with Crippen molar-refractivity contribution in [3.63, 3.8) is 0 Å². The van der Waals surface area contributed by atoms with E-state index in [0.717, 1.165) is 99.9 Å². The Labute approximate surface area is 334 Å². The molecule has 9 aromatic carbocycles. The zero-order chi connectivity index (χ0) is 38.2. The fourth-order valence-electron chi connectivity index (χ4n) is 9.09. The predicted molar refractivity (Wildman–Crippen MR) is 241 cm³/mol. The number of para-hydroxylation sites is 7. The van der Waals surface area contributed by atoms with Crippen molar-refractivity contribution in [2.75, 3.05) is 4.90 Å². The number of benzene rings is 9. The normalized spacial score (nSPS) is 11.8. The highest BCUT2D eigenvalue weighted by molar-refractivity contribution is 6.17. The van der Waals surface area contributed by atoms with E-state index in [1.165, 1.54) is 10.8 Å². The first-order valence-electron chi connectivity index (χ1n) is 19.7. The molecule has 0 radical (unpaired) electrons. The predicted octanol–water partition coefficient (Wildman–Crippen LogP) is 15.4. The minimum atomic E-state index is 0.866. The first-order valence-corrected chi connectivity index (χ1v) is 19.7. The van der Waals surface area contributed by atoms with Gasteiger partial charge in [0.1, 0.15) is 22.3 Å². The average Bonchev–Trinajstić information content (AvgIpc) is 3.97. The second-order valence-electron chi connectivity index (χ2n) is 14.8. The van der Waals surface area contributed by atoms with Crippen LogP contribution in [0.5, 0.6) is 0 Å². The van der Waals surface area contributed by atoms with Gasteiger partial charge in [-0.05, 0) is 77.9 Å². The molecule has 0 saturated heterocycles. The van der Waals surface area contributed by atoms with Crippen LogP contribution in [-0.2, 0) is 0 Å². The average molecular weight is 743 g/mol. The van der Waals surface area contributed by atoms with Crippen LogP contribution in [-0.4, -0.2) is 4.57 Å². The third-order valence-electron chi connectivity index (χ3n) is 11.6. The quantitative estimate of drug-likeness (QED) is 0.170. The van der Waals surface area contributed by atoms with Crippen molar-refractivity contribution < 1.29 is 8.83 Å². The van der Waals surface area contributed by atoms with Gasteiger partial charge < -0.3 is 18.3 Å². The van der Waals surface area contributed by atoms with Crippen LogP contribution in [0.15, 0.2) is 215 Å². The van der Waals surface area contributed by atoms with Crippen molar-refractivity contribution in [1.82, 2.24) is 4.57 Å². The Hall–Kier alpha value is -7.82. The molecule has 0 spiro atoms. The Morgan fingerprint density at radius 3 is 1.48 bits per heavy atom. The van der Waals surface area contributed by atoms with Gasteiger partial charge in [0.05, 0.1) is 16.7 Å². The molecule has 0 unspecified atom stereocenters. The van der Waals surface area contributed by atoms with E-state index in [1.807, 2.05) is 18.2 Å². The van der Waals surface area contributed by atoms with Gasteiger partial charge in [0.25, 0.3) is 0 Å².